The van der Waals surface area contributed by atoms with E-state index in [4.69, 9.17) is 15.2 Å². The predicted octanol–water partition coefficient (Wildman–Crippen LogP) is 2.54. The van der Waals surface area contributed by atoms with E-state index in [9.17, 15) is 0 Å². The van der Waals surface area contributed by atoms with E-state index in [-0.39, 0.29) is 6.04 Å². The first kappa shape index (κ1) is 10.5. The number of hydrogen-bond acceptors (Lipinski definition) is 3. The Morgan fingerprint density at radius 2 is 2.07 bits per heavy atom. The minimum absolute atomic E-state index is 0.0438. The second kappa shape index (κ2) is 4.24. The van der Waals surface area contributed by atoms with Crippen molar-refractivity contribution in [3.8, 4) is 11.5 Å². The van der Waals surface area contributed by atoms with Gasteiger partial charge in [0, 0.05) is 10.5 Å². The number of halogens is 1. The fourth-order valence-corrected chi connectivity index (χ4v) is 1.77. The van der Waals surface area contributed by atoms with Gasteiger partial charge in [-0.25, -0.2) is 0 Å². The van der Waals surface area contributed by atoms with Gasteiger partial charge in [-0.1, -0.05) is 28.1 Å². The Kier molecular flexibility index (Phi) is 2.98. The highest BCUT2D eigenvalue weighted by Crippen LogP contribution is 2.37. The molecule has 1 heterocycles. The number of rotatable bonds is 2. The Morgan fingerprint density at radius 1 is 1.40 bits per heavy atom. The highest BCUT2D eigenvalue weighted by molar-refractivity contribution is 9.10. The molecular weight excluding hydrogens is 258 g/mol. The molecule has 0 aromatic heterocycles. The van der Waals surface area contributed by atoms with Crippen LogP contribution in [0.15, 0.2) is 22.7 Å². The fraction of sp³-hybridized carbons (Fsp3) is 0.273. The van der Waals surface area contributed by atoms with Gasteiger partial charge in [0.2, 0.25) is 6.79 Å². The molecule has 0 bridgehead atoms. The van der Waals surface area contributed by atoms with E-state index >= 15 is 0 Å². The summed E-state index contributed by atoms with van der Waals surface area (Å²) in [6.45, 7) is 2.22. The first-order valence-electron chi connectivity index (χ1n) is 4.70. The average molecular weight is 270 g/mol. The molecule has 1 unspecified atom stereocenters. The molecule has 0 amide bonds. The van der Waals surface area contributed by atoms with Gasteiger partial charge in [0.05, 0.1) is 0 Å². The molecule has 2 N–H and O–H groups in total. The first-order valence-corrected chi connectivity index (χ1v) is 5.49. The van der Waals surface area contributed by atoms with Gasteiger partial charge in [0.1, 0.15) is 0 Å². The summed E-state index contributed by atoms with van der Waals surface area (Å²) in [5, 5.41) is 0. The van der Waals surface area contributed by atoms with Crippen LogP contribution in [0.1, 0.15) is 12.5 Å². The van der Waals surface area contributed by atoms with Crippen molar-refractivity contribution in [3.63, 3.8) is 0 Å². The molecule has 0 radical (unpaired) electrons. The molecule has 0 saturated carbocycles. The highest BCUT2D eigenvalue weighted by Gasteiger charge is 2.15. The zero-order chi connectivity index (χ0) is 10.8. The molecule has 0 fully saturated rings. The van der Waals surface area contributed by atoms with Crippen LogP contribution in [0.2, 0.25) is 0 Å². The lowest BCUT2D eigenvalue weighted by atomic mass is 10.1. The van der Waals surface area contributed by atoms with Crippen molar-refractivity contribution in [2.45, 2.75) is 13.0 Å². The molecule has 0 saturated heterocycles. The SMILES string of the molecule is CC(N)/C=C/c1cc2c(cc1Br)OCO2. The average Bonchev–Trinajstić information content (AvgIpc) is 2.60. The van der Waals surface area contributed by atoms with Gasteiger partial charge in [-0.05, 0) is 24.6 Å². The molecular formula is C11H12BrNO2. The third kappa shape index (κ3) is 2.33. The van der Waals surface area contributed by atoms with Crippen LogP contribution >= 0.6 is 15.9 Å². The molecule has 1 aromatic rings. The Bertz CT molecular complexity index is 402. The molecule has 3 nitrogen and oxygen atoms in total. The lowest BCUT2D eigenvalue weighted by Gasteiger charge is -2.02. The van der Waals surface area contributed by atoms with Crippen LogP contribution < -0.4 is 15.2 Å². The van der Waals surface area contributed by atoms with Crippen LogP contribution in [0, 0.1) is 0 Å². The van der Waals surface area contributed by atoms with Gasteiger partial charge in [0.25, 0.3) is 0 Å². The lowest BCUT2D eigenvalue weighted by molar-refractivity contribution is 0.174. The van der Waals surface area contributed by atoms with Crippen molar-refractivity contribution in [1.29, 1.82) is 0 Å². The lowest BCUT2D eigenvalue weighted by Crippen LogP contribution is -2.09. The Hall–Kier alpha value is -1.00. The summed E-state index contributed by atoms with van der Waals surface area (Å²) in [5.41, 5.74) is 6.68. The van der Waals surface area contributed by atoms with Crippen molar-refractivity contribution >= 4 is 22.0 Å². The number of benzene rings is 1. The van der Waals surface area contributed by atoms with Gasteiger partial charge in [-0.3, -0.25) is 0 Å². The second-order valence-electron chi connectivity index (χ2n) is 3.45. The highest BCUT2D eigenvalue weighted by atomic mass is 79.9. The standard InChI is InChI=1S/C11H12BrNO2/c1-7(13)2-3-8-4-10-11(5-9(8)12)15-6-14-10/h2-5,7H,6,13H2,1H3/b3-2+. The molecule has 2 rings (SSSR count). The molecule has 1 aliphatic rings. The Morgan fingerprint density at radius 3 is 2.73 bits per heavy atom. The smallest absolute Gasteiger partial charge is 0.231 e. The predicted molar refractivity (Wildman–Crippen MR) is 62.9 cm³/mol. The van der Waals surface area contributed by atoms with Crippen LogP contribution in [0.5, 0.6) is 11.5 Å². The molecule has 0 spiro atoms. The van der Waals surface area contributed by atoms with Crippen molar-refractivity contribution in [1.82, 2.24) is 0 Å². The minimum atomic E-state index is 0.0438. The largest absolute Gasteiger partial charge is 0.454 e. The Labute approximate surface area is 97.0 Å². The summed E-state index contributed by atoms with van der Waals surface area (Å²) in [6.07, 6.45) is 3.90. The molecule has 1 aliphatic heterocycles. The van der Waals surface area contributed by atoms with Gasteiger partial charge in [0.15, 0.2) is 11.5 Å². The third-order valence-electron chi connectivity index (χ3n) is 2.07. The van der Waals surface area contributed by atoms with Crippen molar-refractivity contribution in [2.24, 2.45) is 5.73 Å². The Balaban J connectivity index is 2.32. The van der Waals surface area contributed by atoms with Gasteiger partial charge >= 0.3 is 0 Å². The molecule has 1 aromatic carbocycles. The summed E-state index contributed by atoms with van der Waals surface area (Å²) < 4.78 is 11.5. The number of nitrogens with two attached hydrogens (primary N) is 1. The maximum Gasteiger partial charge on any atom is 0.231 e. The topological polar surface area (TPSA) is 44.5 Å². The first-order chi connectivity index (χ1) is 7.16. The summed E-state index contributed by atoms with van der Waals surface area (Å²) in [7, 11) is 0. The van der Waals surface area contributed by atoms with E-state index < -0.39 is 0 Å². The summed E-state index contributed by atoms with van der Waals surface area (Å²) in [4.78, 5) is 0. The maximum absolute atomic E-state index is 5.65. The zero-order valence-corrected chi connectivity index (χ0v) is 9.95. The van der Waals surface area contributed by atoms with Crippen LogP contribution in [-0.4, -0.2) is 12.8 Å². The van der Waals surface area contributed by atoms with Crippen LogP contribution in [0.25, 0.3) is 6.08 Å². The number of hydrogen-bond donors (Lipinski definition) is 1. The van der Waals surface area contributed by atoms with Gasteiger partial charge in [-0.15, -0.1) is 0 Å². The molecule has 15 heavy (non-hydrogen) atoms. The van der Waals surface area contributed by atoms with E-state index in [1.807, 2.05) is 31.2 Å². The molecule has 80 valence electrons. The number of ether oxygens (including phenoxy) is 2. The van der Waals surface area contributed by atoms with Crippen molar-refractivity contribution in [3.05, 3.63) is 28.2 Å². The minimum Gasteiger partial charge on any atom is -0.454 e. The fourth-order valence-electron chi connectivity index (χ4n) is 1.32. The third-order valence-corrected chi connectivity index (χ3v) is 2.76. The second-order valence-corrected chi connectivity index (χ2v) is 4.30. The normalized spacial score (nSPS) is 15.9. The van der Waals surface area contributed by atoms with E-state index in [1.165, 1.54) is 0 Å². The summed E-state index contributed by atoms with van der Waals surface area (Å²) in [6, 6.07) is 3.89. The van der Waals surface area contributed by atoms with E-state index in [0.29, 0.717) is 6.79 Å². The number of fused-ring (bicyclic) bond motifs is 1. The van der Waals surface area contributed by atoms with Crippen LogP contribution in [-0.2, 0) is 0 Å². The van der Waals surface area contributed by atoms with Crippen molar-refractivity contribution < 1.29 is 9.47 Å². The van der Waals surface area contributed by atoms with Crippen LogP contribution in [0.3, 0.4) is 0 Å². The summed E-state index contributed by atoms with van der Waals surface area (Å²) in [5.74, 6) is 1.56. The molecule has 4 heteroatoms. The molecule has 0 aliphatic carbocycles. The van der Waals surface area contributed by atoms with Gasteiger partial charge < -0.3 is 15.2 Å². The van der Waals surface area contributed by atoms with Crippen molar-refractivity contribution in [2.75, 3.05) is 6.79 Å². The molecule has 1 atom stereocenters. The van der Waals surface area contributed by atoms with Crippen LogP contribution in [0.4, 0.5) is 0 Å². The van der Waals surface area contributed by atoms with E-state index in [0.717, 1.165) is 21.5 Å². The van der Waals surface area contributed by atoms with E-state index in [2.05, 4.69) is 15.9 Å². The van der Waals surface area contributed by atoms with E-state index in [1.54, 1.807) is 0 Å². The summed E-state index contributed by atoms with van der Waals surface area (Å²) >= 11 is 3.47. The quantitative estimate of drug-likeness (QED) is 0.898. The monoisotopic (exact) mass is 269 g/mol. The van der Waals surface area contributed by atoms with Gasteiger partial charge in [-0.2, -0.15) is 0 Å². The maximum atomic E-state index is 5.65. The zero-order valence-electron chi connectivity index (χ0n) is 8.37.